The Labute approximate surface area is 168 Å². The molecule has 4 heterocycles. The Hall–Kier alpha value is -3.42. The Bertz CT molecular complexity index is 1060. The highest BCUT2D eigenvalue weighted by Crippen LogP contribution is 2.24. The molecule has 1 atom stereocenters. The number of nitrogens with one attached hydrogen (secondary N) is 1. The predicted molar refractivity (Wildman–Crippen MR) is 109 cm³/mol. The van der Waals surface area contributed by atoms with E-state index in [0.717, 1.165) is 31.3 Å². The van der Waals surface area contributed by atoms with Crippen molar-refractivity contribution in [3.8, 4) is 5.69 Å². The first-order valence-electron chi connectivity index (χ1n) is 9.77. The van der Waals surface area contributed by atoms with Crippen LogP contribution in [0.25, 0.3) is 16.7 Å². The Balaban J connectivity index is 1.61. The molecule has 8 heteroatoms. The van der Waals surface area contributed by atoms with Crippen molar-refractivity contribution in [3.05, 3.63) is 48.5 Å². The number of hydrogen-bond donors (Lipinski definition) is 2. The van der Waals surface area contributed by atoms with Crippen molar-refractivity contribution in [2.24, 2.45) is 5.92 Å². The highest BCUT2D eigenvalue weighted by atomic mass is 16.4. The molecule has 8 nitrogen and oxygen atoms in total. The highest BCUT2D eigenvalue weighted by Gasteiger charge is 2.24. The molecule has 3 aromatic heterocycles. The zero-order valence-corrected chi connectivity index (χ0v) is 16.2. The van der Waals surface area contributed by atoms with Gasteiger partial charge in [-0.15, -0.1) is 0 Å². The quantitative estimate of drug-likeness (QED) is 0.703. The molecule has 1 aliphatic heterocycles. The highest BCUT2D eigenvalue weighted by molar-refractivity contribution is 5.97. The molecule has 0 spiro atoms. The second-order valence-electron chi connectivity index (χ2n) is 7.35. The van der Waals surface area contributed by atoms with E-state index in [4.69, 9.17) is 5.11 Å². The van der Waals surface area contributed by atoms with Gasteiger partial charge in [-0.1, -0.05) is 13.3 Å². The number of amides is 2. The maximum Gasteiger partial charge on any atom is 0.409 e. The monoisotopic (exact) mass is 393 g/mol. The van der Waals surface area contributed by atoms with Gasteiger partial charge in [0.2, 0.25) is 0 Å². The van der Waals surface area contributed by atoms with Gasteiger partial charge in [-0.3, -0.25) is 19.7 Å². The minimum absolute atomic E-state index is 0.0274. The van der Waals surface area contributed by atoms with Crippen LogP contribution in [0.15, 0.2) is 43.0 Å². The number of pyridine rings is 2. The lowest BCUT2D eigenvalue weighted by molar-refractivity contribution is 0.0671. The van der Waals surface area contributed by atoms with Crippen molar-refractivity contribution in [3.63, 3.8) is 0 Å². The van der Waals surface area contributed by atoms with Gasteiger partial charge in [0.15, 0.2) is 0 Å². The van der Waals surface area contributed by atoms with Crippen LogP contribution in [0.1, 0.15) is 36.5 Å². The minimum atomic E-state index is -1.15. The Morgan fingerprint density at radius 3 is 2.93 bits per heavy atom. The fraction of sp³-hybridized carbons (Fsp3) is 0.333. The van der Waals surface area contributed by atoms with Gasteiger partial charge in [0.1, 0.15) is 5.65 Å². The number of aromatic nitrogens is 3. The summed E-state index contributed by atoms with van der Waals surface area (Å²) in [4.78, 5) is 34.3. The van der Waals surface area contributed by atoms with Gasteiger partial charge in [-0.05, 0) is 37.0 Å². The van der Waals surface area contributed by atoms with E-state index < -0.39 is 6.09 Å². The molecule has 0 radical (unpaired) electrons. The molecule has 2 N–H and O–H groups in total. The third kappa shape index (κ3) is 3.91. The molecule has 2 amide bonds. The lowest BCUT2D eigenvalue weighted by Gasteiger charge is -2.32. The minimum Gasteiger partial charge on any atom is -0.465 e. The number of carboxylic acid groups (broad SMARTS) is 1. The SMILES string of the molecule is CC[C@@H]1CCCN(C(=O)c2cnc3c(ccn3-c3cncc(NC(=O)O)c3)c2)C1. The van der Waals surface area contributed by atoms with Crippen molar-refractivity contribution in [2.75, 3.05) is 18.4 Å². The van der Waals surface area contributed by atoms with E-state index >= 15 is 0 Å². The van der Waals surface area contributed by atoms with Crippen LogP contribution >= 0.6 is 0 Å². The lowest BCUT2D eigenvalue weighted by atomic mass is 9.95. The fourth-order valence-electron chi connectivity index (χ4n) is 3.87. The van der Waals surface area contributed by atoms with Crippen LogP contribution in [0.3, 0.4) is 0 Å². The van der Waals surface area contributed by atoms with Gasteiger partial charge in [-0.25, -0.2) is 9.78 Å². The lowest BCUT2D eigenvalue weighted by Crippen LogP contribution is -2.39. The number of anilines is 1. The van der Waals surface area contributed by atoms with Crippen LogP contribution in [0.5, 0.6) is 0 Å². The summed E-state index contributed by atoms with van der Waals surface area (Å²) in [6.07, 6.45) is 8.69. The van der Waals surface area contributed by atoms with Crippen LogP contribution in [0, 0.1) is 5.92 Å². The molecule has 0 aliphatic carbocycles. The van der Waals surface area contributed by atoms with E-state index in [2.05, 4.69) is 22.2 Å². The van der Waals surface area contributed by atoms with Crippen molar-refractivity contribution in [1.29, 1.82) is 0 Å². The first-order chi connectivity index (χ1) is 14.0. The molecular formula is C21H23N5O3. The van der Waals surface area contributed by atoms with Crippen LogP contribution in [0.4, 0.5) is 10.5 Å². The number of piperidine rings is 1. The van der Waals surface area contributed by atoms with Gasteiger partial charge in [0.25, 0.3) is 5.91 Å². The van der Waals surface area contributed by atoms with Gasteiger partial charge in [0, 0.05) is 30.9 Å². The molecule has 3 aromatic rings. The molecule has 4 rings (SSSR count). The molecule has 0 unspecified atom stereocenters. The van der Waals surface area contributed by atoms with Gasteiger partial charge >= 0.3 is 6.09 Å². The van der Waals surface area contributed by atoms with E-state index in [1.807, 2.05) is 27.8 Å². The summed E-state index contributed by atoms with van der Waals surface area (Å²) in [5.74, 6) is 0.601. The van der Waals surface area contributed by atoms with E-state index in [9.17, 15) is 9.59 Å². The first-order valence-corrected chi connectivity index (χ1v) is 9.77. The van der Waals surface area contributed by atoms with E-state index in [1.165, 1.54) is 12.6 Å². The standard InChI is InChI=1S/C21H23N5O3/c1-2-14-4-3-6-25(13-14)20(27)16-8-15-5-7-26(19(15)23-10-16)18-9-17(11-22-12-18)24-21(28)29/h5,7-12,14,24H,2-4,6,13H2,1H3,(H,28,29)/t14-/m1/s1. The summed E-state index contributed by atoms with van der Waals surface area (Å²) in [7, 11) is 0. The molecule has 0 aromatic carbocycles. The predicted octanol–water partition coefficient (Wildman–Crippen LogP) is 3.77. The summed E-state index contributed by atoms with van der Waals surface area (Å²) in [6, 6.07) is 5.44. The second-order valence-corrected chi connectivity index (χ2v) is 7.35. The maximum absolute atomic E-state index is 12.9. The second kappa shape index (κ2) is 7.90. The van der Waals surface area contributed by atoms with E-state index in [-0.39, 0.29) is 5.91 Å². The maximum atomic E-state index is 12.9. The summed E-state index contributed by atoms with van der Waals surface area (Å²) in [6.45, 7) is 3.78. The molecule has 1 saturated heterocycles. The zero-order chi connectivity index (χ0) is 20.4. The number of rotatable bonds is 4. The number of nitrogens with zero attached hydrogens (tertiary/aromatic N) is 4. The number of hydrogen-bond acceptors (Lipinski definition) is 4. The normalized spacial score (nSPS) is 16.7. The van der Waals surface area contributed by atoms with E-state index in [1.54, 1.807) is 18.5 Å². The van der Waals surface area contributed by atoms with Gasteiger partial charge < -0.3 is 10.0 Å². The summed E-state index contributed by atoms with van der Waals surface area (Å²) in [5.41, 5.74) is 2.33. The van der Waals surface area contributed by atoms with Gasteiger partial charge in [-0.2, -0.15) is 0 Å². The van der Waals surface area contributed by atoms with Gasteiger partial charge in [0.05, 0.1) is 29.3 Å². The molecule has 0 saturated carbocycles. The Morgan fingerprint density at radius 1 is 1.28 bits per heavy atom. The van der Waals surface area contributed by atoms with Crippen molar-refractivity contribution in [1.82, 2.24) is 19.4 Å². The average molecular weight is 393 g/mol. The van der Waals surface area contributed by atoms with Crippen molar-refractivity contribution in [2.45, 2.75) is 26.2 Å². The zero-order valence-electron chi connectivity index (χ0n) is 16.2. The smallest absolute Gasteiger partial charge is 0.409 e. The Kier molecular flexibility index (Phi) is 5.16. The summed E-state index contributed by atoms with van der Waals surface area (Å²) < 4.78 is 1.82. The molecule has 1 aliphatic rings. The largest absolute Gasteiger partial charge is 0.465 e. The summed E-state index contributed by atoms with van der Waals surface area (Å²) >= 11 is 0. The number of carbonyl (C=O) groups excluding carboxylic acids is 1. The topological polar surface area (TPSA) is 100 Å². The number of carbonyl (C=O) groups is 2. The summed E-state index contributed by atoms with van der Waals surface area (Å²) in [5, 5.41) is 12.0. The molecule has 1 fully saturated rings. The third-order valence-electron chi connectivity index (χ3n) is 5.41. The number of fused-ring (bicyclic) bond motifs is 1. The van der Waals surface area contributed by atoms with Crippen LogP contribution in [0.2, 0.25) is 0 Å². The molecule has 29 heavy (non-hydrogen) atoms. The van der Waals surface area contributed by atoms with Crippen LogP contribution in [-0.2, 0) is 0 Å². The van der Waals surface area contributed by atoms with Crippen molar-refractivity contribution < 1.29 is 14.7 Å². The molecule has 150 valence electrons. The fourth-order valence-corrected chi connectivity index (χ4v) is 3.87. The average Bonchev–Trinajstić information content (AvgIpc) is 3.16. The molecular weight excluding hydrogens is 370 g/mol. The van der Waals surface area contributed by atoms with Crippen LogP contribution in [-0.4, -0.2) is 49.6 Å². The van der Waals surface area contributed by atoms with E-state index in [0.29, 0.717) is 28.5 Å². The third-order valence-corrected chi connectivity index (χ3v) is 5.41. The first kappa shape index (κ1) is 18.9. The Morgan fingerprint density at radius 2 is 2.14 bits per heavy atom. The molecule has 0 bridgehead atoms. The van der Waals surface area contributed by atoms with Crippen molar-refractivity contribution >= 4 is 28.7 Å². The van der Waals surface area contributed by atoms with Crippen LogP contribution < -0.4 is 5.32 Å². The number of likely N-dealkylation sites (tertiary alicyclic amines) is 1.